The lowest BCUT2D eigenvalue weighted by atomic mass is 9.93. The Bertz CT molecular complexity index is 2990. The van der Waals surface area contributed by atoms with E-state index < -0.39 is 0 Å². The van der Waals surface area contributed by atoms with Gasteiger partial charge in [-0.15, -0.1) is 0 Å². The molecule has 6 heteroatoms. The molecule has 0 N–H and O–H groups in total. The third-order valence-electron chi connectivity index (χ3n) is 11.2. The van der Waals surface area contributed by atoms with Crippen LogP contribution in [-0.2, 0) is 0 Å². The van der Waals surface area contributed by atoms with Crippen LogP contribution in [0.5, 0.6) is 5.75 Å². The third kappa shape index (κ3) is 4.73. The lowest BCUT2D eigenvalue weighted by Crippen LogP contribution is -2.28. The van der Waals surface area contributed by atoms with Gasteiger partial charge in [0.05, 0.1) is 28.7 Å². The molecule has 4 heterocycles. The van der Waals surface area contributed by atoms with Crippen LogP contribution in [0.15, 0.2) is 156 Å². The van der Waals surface area contributed by atoms with E-state index in [0.717, 1.165) is 72.3 Å². The van der Waals surface area contributed by atoms with Gasteiger partial charge in [-0.2, -0.15) is 0 Å². The van der Waals surface area contributed by atoms with E-state index >= 15 is 0 Å². The molecule has 1 unspecified atom stereocenters. The summed E-state index contributed by atoms with van der Waals surface area (Å²) >= 11 is 0. The van der Waals surface area contributed by atoms with Crippen molar-refractivity contribution in [2.75, 3.05) is 11.4 Å². The predicted molar refractivity (Wildman–Crippen MR) is 215 cm³/mol. The van der Waals surface area contributed by atoms with Gasteiger partial charge in [0.15, 0.2) is 11.6 Å². The molecule has 0 fully saturated rings. The van der Waals surface area contributed by atoms with E-state index in [9.17, 15) is 9.59 Å². The van der Waals surface area contributed by atoms with Crippen LogP contribution in [0, 0.1) is 0 Å². The largest absolute Gasteiger partial charge is 0.484 e. The molecule has 2 aliphatic rings. The Labute approximate surface area is 310 Å². The Morgan fingerprint density at radius 3 is 2.15 bits per heavy atom. The van der Waals surface area contributed by atoms with Crippen molar-refractivity contribution in [3.05, 3.63) is 168 Å². The average molecular weight is 701 g/mol. The second-order valence-corrected chi connectivity index (χ2v) is 14.2. The number of aromatic nitrogens is 1. The zero-order valence-corrected chi connectivity index (χ0v) is 29.2. The number of anilines is 2. The van der Waals surface area contributed by atoms with Crippen molar-refractivity contribution in [2.45, 2.75) is 18.9 Å². The fraction of sp³-hybridized carbons (Fsp3) is 0.0833. The number of rotatable bonds is 4. The molecule has 0 bridgehead atoms. The summed E-state index contributed by atoms with van der Waals surface area (Å²) in [5, 5.41) is 4.61. The van der Waals surface area contributed by atoms with Gasteiger partial charge in [-0.05, 0) is 83.4 Å². The van der Waals surface area contributed by atoms with E-state index in [1.165, 1.54) is 10.8 Å². The first-order valence-corrected chi connectivity index (χ1v) is 18.4. The monoisotopic (exact) mass is 700 g/mol. The van der Waals surface area contributed by atoms with Crippen molar-refractivity contribution >= 4 is 66.7 Å². The lowest BCUT2D eigenvalue weighted by molar-refractivity contribution is 0.0849. The molecule has 0 spiro atoms. The molecule has 0 radical (unpaired) electrons. The maximum atomic E-state index is 13.6. The molecule has 9 aromatic rings. The third-order valence-corrected chi connectivity index (χ3v) is 11.2. The van der Waals surface area contributed by atoms with Crippen LogP contribution >= 0.6 is 0 Å². The van der Waals surface area contributed by atoms with Gasteiger partial charge in [-0.1, -0.05) is 78.9 Å². The Morgan fingerprint density at radius 2 is 1.28 bits per heavy atom. The zero-order chi connectivity index (χ0) is 35.9. The zero-order valence-electron chi connectivity index (χ0n) is 29.2. The predicted octanol–water partition coefficient (Wildman–Crippen LogP) is 11.8. The first kappa shape index (κ1) is 30.7. The van der Waals surface area contributed by atoms with E-state index in [1.54, 1.807) is 0 Å². The average Bonchev–Trinajstić information content (AvgIpc) is 3.75. The van der Waals surface area contributed by atoms with Crippen LogP contribution in [0.1, 0.15) is 45.2 Å². The van der Waals surface area contributed by atoms with Crippen LogP contribution < -0.4 is 9.64 Å². The van der Waals surface area contributed by atoms with Gasteiger partial charge >= 0.3 is 0 Å². The highest BCUT2D eigenvalue weighted by atomic mass is 16.5. The molecule has 7 aromatic carbocycles. The van der Waals surface area contributed by atoms with Gasteiger partial charge in [0.25, 0.3) is 0 Å². The molecule has 54 heavy (non-hydrogen) atoms. The quantitative estimate of drug-likeness (QED) is 0.183. The van der Waals surface area contributed by atoms with Gasteiger partial charge in [0, 0.05) is 57.5 Å². The van der Waals surface area contributed by atoms with E-state index in [2.05, 4.69) is 94.4 Å². The number of para-hydroxylation sites is 3. The minimum Gasteiger partial charge on any atom is -0.484 e. The number of fused-ring (bicyclic) bond motifs is 8. The van der Waals surface area contributed by atoms with E-state index in [4.69, 9.17) is 9.15 Å². The summed E-state index contributed by atoms with van der Waals surface area (Å²) in [6.07, 6.45) is 0.380. The number of ketones is 2. The molecule has 0 saturated heterocycles. The number of Topliss-reactive ketones (excluding diaryl/α,β-unsaturated/α-hetero) is 2. The summed E-state index contributed by atoms with van der Waals surface area (Å²) < 4.78 is 15.0. The molecule has 1 atom stereocenters. The number of benzene rings is 7. The van der Waals surface area contributed by atoms with Gasteiger partial charge in [0.1, 0.15) is 23.0 Å². The second-order valence-electron chi connectivity index (χ2n) is 14.2. The highest BCUT2D eigenvalue weighted by molar-refractivity contribution is 6.17. The molecule has 2 aromatic heterocycles. The van der Waals surface area contributed by atoms with Crippen molar-refractivity contribution in [2.24, 2.45) is 0 Å². The summed E-state index contributed by atoms with van der Waals surface area (Å²) in [5.41, 5.74) is 11.3. The highest BCUT2D eigenvalue weighted by Gasteiger charge is 2.29. The molecule has 0 amide bonds. The molecule has 2 aliphatic heterocycles. The topological polar surface area (TPSA) is 64.7 Å². The highest BCUT2D eigenvalue weighted by Crippen LogP contribution is 2.41. The lowest BCUT2D eigenvalue weighted by Gasteiger charge is -2.31. The smallest absolute Gasteiger partial charge is 0.170 e. The fourth-order valence-corrected chi connectivity index (χ4v) is 8.51. The van der Waals surface area contributed by atoms with Gasteiger partial charge in [-0.25, -0.2) is 0 Å². The maximum absolute atomic E-state index is 13.6. The molecular formula is C48H32N2O4. The Morgan fingerprint density at radius 1 is 0.537 bits per heavy atom. The Balaban J connectivity index is 0.878. The summed E-state index contributed by atoms with van der Waals surface area (Å²) in [4.78, 5) is 28.3. The molecular weight excluding hydrogens is 669 g/mol. The summed E-state index contributed by atoms with van der Waals surface area (Å²) in [5.74, 6) is 0.845. The van der Waals surface area contributed by atoms with Crippen LogP contribution in [0.2, 0.25) is 0 Å². The second kappa shape index (κ2) is 11.8. The Hall–Kier alpha value is -6.92. The number of hydrogen-bond donors (Lipinski definition) is 0. The number of ether oxygens (including phenoxy) is 1. The minimum atomic E-state index is -0.369. The summed E-state index contributed by atoms with van der Waals surface area (Å²) in [7, 11) is 0. The fourth-order valence-electron chi connectivity index (χ4n) is 8.51. The maximum Gasteiger partial charge on any atom is 0.170 e. The number of nitrogens with zero attached hydrogens (tertiary/aromatic N) is 2. The normalized spacial score (nSPS) is 15.6. The molecule has 11 rings (SSSR count). The van der Waals surface area contributed by atoms with Crippen molar-refractivity contribution in [1.82, 2.24) is 4.57 Å². The van der Waals surface area contributed by atoms with Crippen LogP contribution in [0.3, 0.4) is 0 Å². The van der Waals surface area contributed by atoms with Crippen LogP contribution in [0.4, 0.5) is 11.4 Å². The standard InChI is InChI=1S/C48H32N2O4/c51-43-23-24-49(40-10-4-2-9-36(40)43)32-18-15-30(16-19-32)47-28-44(52)39-25-31(17-22-46(39)53-47)29-13-20-33(21-14-29)50-41-11-5-1-7-34(41)37-26-38-35-8-3-6-12-45(35)54-48(38)27-42(37)50/h1-22,25-27,47H,23-24,28H2. The first-order valence-electron chi connectivity index (χ1n) is 18.4. The molecule has 0 aliphatic carbocycles. The Kier molecular flexibility index (Phi) is 6.71. The van der Waals surface area contributed by atoms with Crippen LogP contribution in [0.25, 0.3) is 60.6 Å². The van der Waals surface area contributed by atoms with Gasteiger partial charge in [0.2, 0.25) is 0 Å². The van der Waals surface area contributed by atoms with E-state index in [1.807, 2.05) is 66.7 Å². The van der Waals surface area contributed by atoms with Crippen molar-refractivity contribution in [3.8, 4) is 22.6 Å². The SMILES string of the molecule is O=C1CC(c2ccc(N3CCC(=O)c4ccccc43)cc2)Oc2ccc(-c3ccc(-n4c5ccccc5c5cc6c(cc54)oc4ccccc46)cc3)cc21. The first-order chi connectivity index (χ1) is 26.6. The number of carbonyl (C=O) groups is 2. The van der Waals surface area contributed by atoms with Gasteiger partial charge in [-0.3, -0.25) is 9.59 Å². The molecule has 6 nitrogen and oxygen atoms in total. The van der Waals surface area contributed by atoms with Crippen molar-refractivity contribution < 1.29 is 18.7 Å². The van der Waals surface area contributed by atoms with Crippen molar-refractivity contribution in [3.63, 3.8) is 0 Å². The molecule has 258 valence electrons. The summed E-state index contributed by atoms with van der Waals surface area (Å²) in [6.45, 7) is 0.638. The van der Waals surface area contributed by atoms with Crippen LogP contribution in [-0.4, -0.2) is 22.7 Å². The van der Waals surface area contributed by atoms with E-state index in [0.29, 0.717) is 24.3 Å². The summed E-state index contributed by atoms with van der Waals surface area (Å²) in [6, 6.07) is 51.5. The minimum absolute atomic E-state index is 0.0643. The van der Waals surface area contributed by atoms with Gasteiger partial charge < -0.3 is 18.6 Å². The number of carbonyl (C=O) groups excluding carboxylic acids is 2. The molecule has 0 saturated carbocycles. The van der Waals surface area contributed by atoms with Crippen molar-refractivity contribution in [1.29, 1.82) is 0 Å². The number of furan rings is 1. The van der Waals surface area contributed by atoms with E-state index in [-0.39, 0.29) is 24.1 Å². The number of hydrogen-bond acceptors (Lipinski definition) is 5.